The lowest BCUT2D eigenvalue weighted by molar-refractivity contribution is -0.133. The first-order valence-electron chi connectivity index (χ1n) is 9.07. The molecule has 0 aromatic carbocycles. The zero-order valence-electron chi connectivity index (χ0n) is 14.4. The first-order valence-corrected chi connectivity index (χ1v) is 9.07. The monoisotopic (exact) mass is 320 g/mol. The van der Waals surface area contributed by atoms with Crippen LogP contribution in [0.15, 0.2) is 0 Å². The Kier molecular flexibility index (Phi) is 3.32. The molecule has 3 amide bonds. The van der Waals surface area contributed by atoms with Crippen LogP contribution in [0, 0.1) is 22.7 Å². The summed E-state index contributed by atoms with van der Waals surface area (Å²) in [4.78, 5) is 27.2. The average Bonchev–Trinajstić information content (AvgIpc) is 3.01. The lowest BCUT2D eigenvalue weighted by atomic mass is 9.69. The van der Waals surface area contributed by atoms with Crippen LogP contribution in [-0.4, -0.2) is 42.1 Å². The number of hydrogen-bond acceptors (Lipinski definition) is 3. The van der Waals surface area contributed by atoms with E-state index in [4.69, 9.17) is 4.74 Å². The molecule has 2 heterocycles. The molecule has 5 nitrogen and oxygen atoms in total. The van der Waals surface area contributed by atoms with Gasteiger partial charge in [0.25, 0.3) is 5.91 Å². The fourth-order valence-electron chi connectivity index (χ4n) is 5.71. The molecular weight excluding hydrogens is 292 g/mol. The van der Waals surface area contributed by atoms with Gasteiger partial charge in [-0.2, -0.15) is 0 Å². The maximum Gasteiger partial charge on any atom is 0.325 e. The number of carbonyl (C=O) groups is 2. The third-order valence-corrected chi connectivity index (χ3v) is 7.73. The molecule has 5 atom stereocenters. The Hall–Kier alpha value is -1.10. The molecule has 2 saturated heterocycles. The maximum absolute atomic E-state index is 13.0. The second-order valence-corrected chi connectivity index (χ2v) is 8.74. The average molecular weight is 320 g/mol. The van der Waals surface area contributed by atoms with Gasteiger partial charge in [-0.25, -0.2) is 4.79 Å². The standard InChI is InChI=1S/C18H28N2O3/c1-17(2)12-6-7-18(17,3)13(9-12)20-15(21)14(19-16(20)22)11-5-4-8-23-10-11/h11-14H,4-10H2,1-3H3,(H,19,22). The Morgan fingerprint density at radius 3 is 2.57 bits per heavy atom. The minimum absolute atomic E-state index is 0.0138. The summed E-state index contributed by atoms with van der Waals surface area (Å²) in [5.41, 5.74) is 0.243. The molecule has 2 saturated carbocycles. The molecule has 2 aliphatic carbocycles. The molecule has 2 bridgehead atoms. The predicted molar refractivity (Wildman–Crippen MR) is 85.7 cm³/mol. The van der Waals surface area contributed by atoms with Crippen LogP contribution >= 0.6 is 0 Å². The van der Waals surface area contributed by atoms with E-state index in [1.54, 1.807) is 4.90 Å². The number of imide groups is 1. The molecule has 0 spiro atoms. The van der Waals surface area contributed by atoms with E-state index in [9.17, 15) is 9.59 Å². The number of carbonyl (C=O) groups excluding carboxylic acids is 2. The Labute approximate surface area is 138 Å². The molecule has 2 aliphatic heterocycles. The normalized spacial score (nSPS) is 45.6. The third-order valence-electron chi connectivity index (χ3n) is 7.73. The number of nitrogens with one attached hydrogen (secondary N) is 1. The highest BCUT2D eigenvalue weighted by Gasteiger charge is 2.65. The highest BCUT2D eigenvalue weighted by molar-refractivity contribution is 6.04. The van der Waals surface area contributed by atoms with Gasteiger partial charge in [0, 0.05) is 18.6 Å². The van der Waals surface area contributed by atoms with Crippen LogP contribution in [0.3, 0.4) is 0 Å². The lowest BCUT2D eigenvalue weighted by Crippen LogP contribution is -2.50. The molecule has 0 aromatic heterocycles. The fourth-order valence-corrected chi connectivity index (χ4v) is 5.71. The topological polar surface area (TPSA) is 58.6 Å². The smallest absolute Gasteiger partial charge is 0.325 e. The molecule has 0 aromatic rings. The van der Waals surface area contributed by atoms with Crippen LogP contribution in [0.5, 0.6) is 0 Å². The summed E-state index contributed by atoms with van der Waals surface area (Å²) in [5, 5.41) is 2.96. The van der Waals surface area contributed by atoms with Gasteiger partial charge in [-0.1, -0.05) is 20.8 Å². The van der Waals surface area contributed by atoms with E-state index in [2.05, 4.69) is 26.1 Å². The van der Waals surface area contributed by atoms with Gasteiger partial charge in [-0.3, -0.25) is 9.69 Å². The van der Waals surface area contributed by atoms with E-state index in [1.165, 1.54) is 6.42 Å². The van der Waals surface area contributed by atoms with Gasteiger partial charge in [-0.15, -0.1) is 0 Å². The minimum Gasteiger partial charge on any atom is -0.381 e. The van der Waals surface area contributed by atoms with Crippen LogP contribution in [0.25, 0.3) is 0 Å². The largest absolute Gasteiger partial charge is 0.381 e. The summed E-state index contributed by atoms with van der Waals surface area (Å²) >= 11 is 0. The Morgan fingerprint density at radius 1 is 1.22 bits per heavy atom. The van der Waals surface area contributed by atoms with E-state index in [-0.39, 0.29) is 40.8 Å². The van der Waals surface area contributed by atoms with Gasteiger partial charge in [-0.05, 0) is 48.9 Å². The minimum atomic E-state index is -0.381. The predicted octanol–water partition coefficient (Wildman–Crippen LogP) is 2.55. The van der Waals surface area contributed by atoms with Gasteiger partial charge >= 0.3 is 6.03 Å². The quantitative estimate of drug-likeness (QED) is 0.796. The van der Waals surface area contributed by atoms with E-state index >= 15 is 0 Å². The summed E-state index contributed by atoms with van der Waals surface area (Å²) < 4.78 is 5.52. The van der Waals surface area contributed by atoms with E-state index in [0.717, 1.165) is 32.3 Å². The number of nitrogens with zero attached hydrogens (tertiary/aromatic N) is 1. The van der Waals surface area contributed by atoms with Crippen LogP contribution in [0.1, 0.15) is 52.9 Å². The molecule has 23 heavy (non-hydrogen) atoms. The summed E-state index contributed by atoms with van der Waals surface area (Å²) in [7, 11) is 0. The fraction of sp³-hybridized carbons (Fsp3) is 0.889. The van der Waals surface area contributed by atoms with Crippen molar-refractivity contribution in [3.63, 3.8) is 0 Å². The van der Waals surface area contributed by atoms with Crippen LogP contribution in [0.4, 0.5) is 4.79 Å². The van der Waals surface area contributed by atoms with E-state index in [1.807, 2.05) is 0 Å². The third kappa shape index (κ3) is 1.95. The van der Waals surface area contributed by atoms with Crippen molar-refractivity contribution in [2.45, 2.75) is 65.0 Å². The number of rotatable bonds is 2. The van der Waals surface area contributed by atoms with Crippen molar-refractivity contribution in [1.82, 2.24) is 10.2 Å². The summed E-state index contributed by atoms with van der Waals surface area (Å²) in [5.74, 6) is 0.736. The van der Waals surface area contributed by atoms with Crippen LogP contribution in [-0.2, 0) is 9.53 Å². The Morgan fingerprint density at radius 2 is 2.00 bits per heavy atom. The zero-order chi connectivity index (χ0) is 16.4. The Balaban J connectivity index is 1.58. The number of urea groups is 1. The molecular formula is C18H28N2O3. The zero-order valence-corrected chi connectivity index (χ0v) is 14.4. The van der Waals surface area contributed by atoms with Gasteiger partial charge in [0.1, 0.15) is 6.04 Å². The van der Waals surface area contributed by atoms with Gasteiger partial charge in [0.05, 0.1) is 6.61 Å². The highest BCUT2D eigenvalue weighted by atomic mass is 16.5. The molecule has 5 heteroatoms. The summed E-state index contributed by atoms with van der Waals surface area (Å²) in [6.45, 7) is 8.26. The number of hydrogen-bond donors (Lipinski definition) is 1. The number of fused-ring (bicyclic) bond motifs is 2. The van der Waals surface area contributed by atoms with Gasteiger partial charge < -0.3 is 10.1 Å². The van der Waals surface area contributed by atoms with Crippen LogP contribution in [0.2, 0.25) is 0 Å². The van der Waals surface area contributed by atoms with Gasteiger partial charge in [0.15, 0.2) is 0 Å². The second-order valence-electron chi connectivity index (χ2n) is 8.74. The number of ether oxygens (including phenoxy) is 1. The van der Waals surface area contributed by atoms with Crippen LogP contribution < -0.4 is 5.32 Å². The van der Waals surface area contributed by atoms with Gasteiger partial charge in [0.2, 0.25) is 0 Å². The lowest BCUT2D eigenvalue weighted by Gasteiger charge is -2.42. The number of amides is 3. The van der Waals surface area contributed by atoms with Crippen molar-refractivity contribution in [3.05, 3.63) is 0 Å². The molecule has 4 fully saturated rings. The van der Waals surface area contributed by atoms with Crippen molar-refractivity contribution in [2.75, 3.05) is 13.2 Å². The van der Waals surface area contributed by atoms with Crippen molar-refractivity contribution in [3.8, 4) is 0 Å². The molecule has 4 rings (SSSR count). The maximum atomic E-state index is 13.0. The molecule has 4 aliphatic rings. The van der Waals surface area contributed by atoms with E-state index in [0.29, 0.717) is 12.5 Å². The molecule has 128 valence electrons. The molecule has 1 N–H and O–H groups in total. The van der Waals surface area contributed by atoms with Crippen molar-refractivity contribution in [2.24, 2.45) is 22.7 Å². The van der Waals surface area contributed by atoms with Crippen molar-refractivity contribution >= 4 is 11.9 Å². The molecule has 5 unspecified atom stereocenters. The first kappa shape index (κ1) is 15.4. The highest BCUT2D eigenvalue weighted by Crippen LogP contribution is 2.66. The first-order chi connectivity index (χ1) is 10.9. The Bertz CT molecular complexity index is 540. The van der Waals surface area contributed by atoms with Crippen molar-refractivity contribution < 1.29 is 14.3 Å². The summed E-state index contributed by atoms with van der Waals surface area (Å²) in [6, 6.07) is -0.507. The molecule has 0 radical (unpaired) electrons. The summed E-state index contributed by atoms with van der Waals surface area (Å²) in [6.07, 6.45) is 5.24. The van der Waals surface area contributed by atoms with Crippen molar-refractivity contribution in [1.29, 1.82) is 0 Å². The second kappa shape index (κ2) is 4.95. The SMILES string of the molecule is CC1(C)C2CCC1(C)C(N1C(=O)NC(C3CCCOC3)C1=O)C2. The van der Waals surface area contributed by atoms with E-state index < -0.39 is 0 Å².